The van der Waals surface area contributed by atoms with Crippen LogP contribution in [0.5, 0.6) is 0 Å². The second kappa shape index (κ2) is 6.00. The van der Waals surface area contributed by atoms with E-state index in [0.29, 0.717) is 9.92 Å². The van der Waals surface area contributed by atoms with Gasteiger partial charge in [-0.3, -0.25) is 16.0 Å². The van der Waals surface area contributed by atoms with Crippen molar-refractivity contribution in [1.29, 1.82) is 0 Å². The summed E-state index contributed by atoms with van der Waals surface area (Å²) in [4.78, 5) is 15.3. The Bertz CT molecular complexity index is 606. The van der Waals surface area contributed by atoms with Crippen LogP contribution in [-0.4, -0.2) is 9.91 Å². The number of nitrogens with one attached hydrogen (secondary N) is 1. The number of nitro groups is 1. The van der Waals surface area contributed by atoms with Gasteiger partial charge in [-0.1, -0.05) is 17.8 Å². The van der Waals surface area contributed by atoms with Crippen LogP contribution in [0, 0.1) is 10.1 Å². The Balaban J connectivity index is 2.39. The lowest BCUT2D eigenvalue weighted by molar-refractivity contribution is -0.386. The fourth-order valence-corrected chi connectivity index (χ4v) is 2.57. The Hall–Kier alpha value is -1.64. The molecule has 0 aliphatic heterocycles. The zero-order chi connectivity index (χ0) is 13.8. The van der Waals surface area contributed by atoms with Gasteiger partial charge in [-0.15, -0.1) is 0 Å². The van der Waals surface area contributed by atoms with Crippen LogP contribution in [-0.2, 0) is 0 Å². The molecule has 0 bridgehead atoms. The normalized spacial score (nSPS) is 10.2. The predicted molar refractivity (Wildman–Crippen MR) is 77.0 cm³/mol. The van der Waals surface area contributed by atoms with Crippen molar-refractivity contribution in [3.05, 3.63) is 51.1 Å². The van der Waals surface area contributed by atoms with E-state index < -0.39 is 4.92 Å². The smallest absolute Gasteiger partial charge is 0.307 e. The maximum Gasteiger partial charge on any atom is 0.307 e. The first-order valence-corrected chi connectivity index (χ1v) is 6.76. The van der Waals surface area contributed by atoms with Gasteiger partial charge in [0.1, 0.15) is 10.7 Å². The highest BCUT2D eigenvalue weighted by Crippen LogP contribution is 2.38. The molecule has 0 aliphatic carbocycles. The molecule has 19 heavy (non-hydrogen) atoms. The number of nitrogens with two attached hydrogens (primary N) is 1. The first kappa shape index (κ1) is 13.8. The van der Waals surface area contributed by atoms with Crippen LogP contribution in [0.1, 0.15) is 0 Å². The van der Waals surface area contributed by atoms with E-state index in [0.717, 1.165) is 4.47 Å². The number of anilines is 1. The molecule has 0 radical (unpaired) electrons. The molecule has 1 heterocycles. The molecule has 0 aliphatic rings. The van der Waals surface area contributed by atoms with Crippen LogP contribution < -0.4 is 11.3 Å². The average Bonchev–Trinajstić information content (AvgIpc) is 2.40. The van der Waals surface area contributed by atoms with Gasteiger partial charge < -0.3 is 5.43 Å². The van der Waals surface area contributed by atoms with Crippen LogP contribution >= 0.6 is 27.7 Å². The van der Waals surface area contributed by atoms with Crippen molar-refractivity contribution in [1.82, 2.24) is 4.98 Å². The third-order valence-electron chi connectivity index (χ3n) is 2.25. The minimum Gasteiger partial charge on any atom is -0.318 e. The van der Waals surface area contributed by atoms with Crippen molar-refractivity contribution < 1.29 is 4.92 Å². The zero-order valence-electron chi connectivity index (χ0n) is 9.54. The number of hydrogen-bond acceptors (Lipinski definition) is 6. The molecule has 0 fully saturated rings. The van der Waals surface area contributed by atoms with Crippen molar-refractivity contribution in [3.8, 4) is 0 Å². The van der Waals surface area contributed by atoms with Gasteiger partial charge in [0, 0.05) is 10.7 Å². The minimum absolute atomic E-state index is 0.0558. The van der Waals surface area contributed by atoms with E-state index in [-0.39, 0.29) is 11.4 Å². The van der Waals surface area contributed by atoms with Gasteiger partial charge in [0.05, 0.1) is 9.82 Å². The van der Waals surface area contributed by atoms with Gasteiger partial charge in [0.15, 0.2) is 0 Å². The highest BCUT2D eigenvalue weighted by molar-refractivity contribution is 9.10. The van der Waals surface area contributed by atoms with Crippen molar-refractivity contribution in [2.45, 2.75) is 9.92 Å². The van der Waals surface area contributed by atoms with E-state index in [4.69, 9.17) is 5.84 Å². The highest BCUT2D eigenvalue weighted by atomic mass is 79.9. The Morgan fingerprint density at radius 2 is 2.16 bits per heavy atom. The predicted octanol–water partition coefficient (Wildman–Crippen LogP) is 3.19. The third kappa shape index (κ3) is 3.22. The fraction of sp³-hybridized carbons (Fsp3) is 0. The maximum absolute atomic E-state index is 11.1. The Morgan fingerprint density at radius 3 is 2.74 bits per heavy atom. The number of rotatable bonds is 4. The molecule has 98 valence electrons. The van der Waals surface area contributed by atoms with Crippen molar-refractivity contribution in [2.24, 2.45) is 5.84 Å². The van der Waals surface area contributed by atoms with Crippen LogP contribution in [0.2, 0.25) is 0 Å². The summed E-state index contributed by atoms with van der Waals surface area (Å²) in [6.45, 7) is 0. The van der Waals surface area contributed by atoms with Crippen molar-refractivity contribution in [3.63, 3.8) is 0 Å². The standard InChI is InChI=1S/C11H9BrN4O2S/c12-7-4-5-10(14-6-7)19-9-3-1-2-8(15-13)11(9)16(17)18/h1-6,15H,13H2. The van der Waals surface area contributed by atoms with Crippen molar-refractivity contribution >= 4 is 39.1 Å². The lowest BCUT2D eigenvalue weighted by Gasteiger charge is -2.06. The molecule has 1 aromatic heterocycles. The summed E-state index contributed by atoms with van der Waals surface area (Å²) in [5.74, 6) is 5.29. The van der Waals surface area contributed by atoms with Crippen LogP contribution in [0.3, 0.4) is 0 Å². The molecule has 1 aromatic carbocycles. The fourth-order valence-electron chi connectivity index (χ4n) is 1.44. The summed E-state index contributed by atoms with van der Waals surface area (Å²) >= 11 is 4.50. The monoisotopic (exact) mass is 340 g/mol. The van der Waals surface area contributed by atoms with E-state index in [2.05, 4.69) is 26.3 Å². The van der Waals surface area contributed by atoms with Crippen LogP contribution in [0.25, 0.3) is 0 Å². The van der Waals surface area contributed by atoms with Gasteiger partial charge in [-0.05, 0) is 40.2 Å². The van der Waals surface area contributed by atoms with E-state index in [1.54, 1.807) is 30.5 Å². The summed E-state index contributed by atoms with van der Waals surface area (Å²) in [7, 11) is 0. The van der Waals surface area contributed by atoms with Gasteiger partial charge in [0.2, 0.25) is 0 Å². The Kier molecular flexibility index (Phi) is 4.35. The van der Waals surface area contributed by atoms with E-state index >= 15 is 0 Å². The number of benzene rings is 1. The Labute approximate surface area is 121 Å². The molecule has 0 saturated heterocycles. The molecular weight excluding hydrogens is 332 g/mol. The van der Waals surface area contributed by atoms with E-state index in [9.17, 15) is 10.1 Å². The number of nitrogens with zero attached hydrogens (tertiary/aromatic N) is 2. The number of aromatic nitrogens is 1. The minimum atomic E-state index is -0.462. The third-order valence-corrected chi connectivity index (χ3v) is 3.72. The molecule has 0 spiro atoms. The summed E-state index contributed by atoms with van der Waals surface area (Å²) in [6, 6.07) is 8.52. The number of nitro benzene ring substituents is 1. The van der Waals surface area contributed by atoms with Crippen molar-refractivity contribution in [2.75, 3.05) is 5.43 Å². The number of hydrogen-bond donors (Lipinski definition) is 2. The molecule has 6 nitrogen and oxygen atoms in total. The summed E-state index contributed by atoms with van der Waals surface area (Å²) < 4.78 is 0.851. The highest BCUT2D eigenvalue weighted by Gasteiger charge is 2.20. The summed E-state index contributed by atoms with van der Waals surface area (Å²) in [6.07, 6.45) is 1.64. The second-order valence-corrected chi connectivity index (χ2v) is 5.45. The van der Waals surface area contributed by atoms with E-state index in [1.165, 1.54) is 11.8 Å². The molecule has 8 heteroatoms. The molecule has 0 amide bonds. The molecular formula is C11H9BrN4O2S. The van der Waals surface area contributed by atoms with Gasteiger partial charge in [0.25, 0.3) is 0 Å². The number of nitrogen functional groups attached to an aromatic ring is 1. The largest absolute Gasteiger partial charge is 0.318 e. The van der Waals surface area contributed by atoms with Gasteiger partial charge >= 0.3 is 5.69 Å². The molecule has 2 aromatic rings. The van der Waals surface area contributed by atoms with Crippen LogP contribution in [0.4, 0.5) is 11.4 Å². The lowest BCUT2D eigenvalue weighted by Crippen LogP contribution is -2.09. The quantitative estimate of drug-likeness (QED) is 0.504. The topological polar surface area (TPSA) is 94.1 Å². The second-order valence-electron chi connectivity index (χ2n) is 3.47. The first-order chi connectivity index (χ1) is 9.11. The van der Waals surface area contributed by atoms with Crippen LogP contribution in [0.15, 0.2) is 50.9 Å². The molecule has 0 saturated carbocycles. The number of pyridine rings is 1. The molecule has 2 rings (SSSR count). The van der Waals surface area contributed by atoms with E-state index in [1.807, 2.05) is 6.07 Å². The van der Waals surface area contributed by atoms with Gasteiger partial charge in [-0.25, -0.2) is 4.98 Å². The maximum atomic E-state index is 11.1. The SMILES string of the molecule is NNc1cccc(Sc2ccc(Br)cn2)c1[N+](=O)[O-]. The summed E-state index contributed by atoms with van der Waals surface area (Å²) in [5, 5.41) is 11.8. The number of para-hydroxylation sites is 1. The first-order valence-electron chi connectivity index (χ1n) is 5.15. The molecule has 0 unspecified atom stereocenters. The Morgan fingerprint density at radius 1 is 1.37 bits per heavy atom. The zero-order valence-corrected chi connectivity index (χ0v) is 11.9. The summed E-state index contributed by atoms with van der Waals surface area (Å²) in [5.41, 5.74) is 2.54. The average molecular weight is 341 g/mol. The number of hydrazine groups is 1. The molecule has 0 atom stereocenters. The lowest BCUT2D eigenvalue weighted by atomic mass is 10.3. The number of halogens is 1. The van der Waals surface area contributed by atoms with Gasteiger partial charge in [-0.2, -0.15) is 0 Å². The molecule has 3 N–H and O–H groups in total.